The van der Waals surface area contributed by atoms with Gasteiger partial charge in [-0.05, 0) is 29.8 Å². The van der Waals surface area contributed by atoms with Crippen LogP contribution in [0.2, 0.25) is 0 Å². The van der Waals surface area contributed by atoms with E-state index in [9.17, 15) is 0 Å². The van der Waals surface area contributed by atoms with Crippen LogP contribution in [0.4, 0.5) is 5.69 Å². The van der Waals surface area contributed by atoms with Crippen LogP contribution in [-0.4, -0.2) is 23.6 Å². The van der Waals surface area contributed by atoms with Crippen LogP contribution in [-0.2, 0) is 7.05 Å². The van der Waals surface area contributed by atoms with E-state index < -0.39 is 0 Å². The van der Waals surface area contributed by atoms with E-state index in [0.717, 1.165) is 28.1 Å². The van der Waals surface area contributed by atoms with Gasteiger partial charge in [0.05, 0.1) is 17.1 Å². The molecule has 1 atom stereocenters. The molecule has 3 rings (SSSR count). The van der Waals surface area contributed by atoms with E-state index in [1.165, 1.54) is 0 Å². The fourth-order valence-corrected chi connectivity index (χ4v) is 2.57. The van der Waals surface area contributed by atoms with Gasteiger partial charge in [-0.2, -0.15) is 0 Å². The Morgan fingerprint density at radius 1 is 1.05 bits per heavy atom. The molecular formula is C17H20N4. The number of hydrogen-bond donors (Lipinski definition) is 1. The molecule has 0 amide bonds. The lowest BCUT2D eigenvalue weighted by Gasteiger charge is -2.15. The van der Waals surface area contributed by atoms with Crippen molar-refractivity contribution in [1.82, 2.24) is 9.55 Å². The fraction of sp³-hybridized carbons (Fsp3) is 0.235. The highest BCUT2D eigenvalue weighted by atomic mass is 15.1. The highest BCUT2D eigenvalue weighted by Gasteiger charge is 2.16. The number of fused-ring (bicyclic) bond motifs is 1. The summed E-state index contributed by atoms with van der Waals surface area (Å²) in [6.07, 6.45) is 0. The zero-order valence-corrected chi connectivity index (χ0v) is 12.6. The number of benzene rings is 2. The average Bonchev–Trinajstić information content (AvgIpc) is 2.84. The largest absolute Gasteiger partial charge is 0.378 e. The summed E-state index contributed by atoms with van der Waals surface area (Å²) in [5.74, 6) is 0.883. The quantitative estimate of drug-likeness (QED) is 0.802. The summed E-state index contributed by atoms with van der Waals surface area (Å²) < 4.78 is 2.07. The molecule has 4 nitrogen and oxygen atoms in total. The van der Waals surface area contributed by atoms with Gasteiger partial charge in [0.25, 0.3) is 0 Å². The number of aromatic nitrogens is 2. The number of para-hydroxylation sites is 2. The van der Waals surface area contributed by atoms with Crippen LogP contribution in [0.25, 0.3) is 11.0 Å². The molecule has 0 aliphatic carbocycles. The Labute approximate surface area is 124 Å². The lowest BCUT2D eigenvalue weighted by Crippen LogP contribution is -2.17. The van der Waals surface area contributed by atoms with E-state index in [-0.39, 0.29) is 6.04 Å². The maximum atomic E-state index is 6.41. The predicted octanol–water partition coefficient (Wildman–Crippen LogP) is 2.69. The van der Waals surface area contributed by atoms with Crippen molar-refractivity contribution in [3.8, 4) is 0 Å². The van der Waals surface area contributed by atoms with Crippen molar-refractivity contribution in [2.24, 2.45) is 12.8 Å². The summed E-state index contributed by atoms with van der Waals surface area (Å²) in [4.78, 5) is 6.75. The van der Waals surface area contributed by atoms with E-state index in [2.05, 4.69) is 44.8 Å². The topological polar surface area (TPSA) is 47.1 Å². The standard InChI is InChI=1S/C17H20N4/c1-20(2)13-10-8-12(9-11-13)16(18)17-19-14-6-4-5-7-15(14)21(17)3/h4-11,16H,18H2,1-3H3. The van der Waals surface area contributed by atoms with Gasteiger partial charge in [-0.15, -0.1) is 0 Å². The Kier molecular flexibility index (Phi) is 3.39. The number of rotatable bonds is 3. The smallest absolute Gasteiger partial charge is 0.131 e. The fourth-order valence-electron chi connectivity index (χ4n) is 2.57. The molecule has 4 heteroatoms. The summed E-state index contributed by atoms with van der Waals surface area (Å²) in [5.41, 5.74) is 10.7. The Bertz CT molecular complexity index is 756. The van der Waals surface area contributed by atoms with Crippen molar-refractivity contribution in [1.29, 1.82) is 0 Å². The second-order valence-electron chi connectivity index (χ2n) is 5.48. The van der Waals surface area contributed by atoms with Crippen LogP contribution in [0.15, 0.2) is 48.5 Å². The minimum atomic E-state index is -0.224. The van der Waals surface area contributed by atoms with Gasteiger partial charge >= 0.3 is 0 Å². The van der Waals surface area contributed by atoms with Gasteiger partial charge in [0.15, 0.2) is 0 Å². The summed E-state index contributed by atoms with van der Waals surface area (Å²) in [7, 11) is 6.07. The highest BCUT2D eigenvalue weighted by Crippen LogP contribution is 2.24. The molecule has 2 aromatic carbocycles. The molecular weight excluding hydrogens is 260 g/mol. The molecule has 0 spiro atoms. The van der Waals surface area contributed by atoms with Crippen LogP contribution in [0.1, 0.15) is 17.4 Å². The first-order valence-corrected chi connectivity index (χ1v) is 7.02. The van der Waals surface area contributed by atoms with Crippen LogP contribution >= 0.6 is 0 Å². The first-order valence-electron chi connectivity index (χ1n) is 7.02. The SMILES string of the molecule is CN(C)c1ccc(C(N)c2nc3ccccc3n2C)cc1. The van der Waals surface area contributed by atoms with Gasteiger partial charge in [0, 0.05) is 26.8 Å². The van der Waals surface area contributed by atoms with Crippen LogP contribution in [0.5, 0.6) is 0 Å². The zero-order valence-electron chi connectivity index (χ0n) is 12.6. The average molecular weight is 280 g/mol. The van der Waals surface area contributed by atoms with Crippen molar-refractivity contribution < 1.29 is 0 Å². The van der Waals surface area contributed by atoms with E-state index in [0.29, 0.717) is 0 Å². The Morgan fingerprint density at radius 3 is 2.33 bits per heavy atom. The van der Waals surface area contributed by atoms with Crippen molar-refractivity contribution in [2.45, 2.75) is 6.04 Å². The van der Waals surface area contributed by atoms with Crippen molar-refractivity contribution in [3.63, 3.8) is 0 Å². The zero-order chi connectivity index (χ0) is 15.0. The van der Waals surface area contributed by atoms with Crippen LogP contribution in [0.3, 0.4) is 0 Å². The molecule has 3 aromatic rings. The first kappa shape index (κ1) is 13.6. The van der Waals surface area contributed by atoms with Gasteiger partial charge in [-0.1, -0.05) is 24.3 Å². The third-order valence-electron chi connectivity index (χ3n) is 3.87. The lowest BCUT2D eigenvalue weighted by molar-refractivity contribution is 0.728. The molecule has 108 valence electrons. The van der Waals surface area contributed by atoms with Gasteiger partial charge in [-0.3, -0.25) is 0 Å². The molecule has 2 N–H and O–H groups in total. The summed E-state index contributed by atoms with van der Waals surface area (Å²) in [6, 6.07) is 16.2. The van der Waals surface area contributed by atoms with Gasteiger partial charge in [-0.25, -0.2) is 4.98 Å². The molecule has 0 saturated carbocycles. The van der Waals surface area contributed by atoms with Crippen LogP contribution in [0, 0.1) is 0 Å². The van der Waals surface area contributed by atoms with Crippen molar-refractivity contribution in [2.75, 3.05) is 19.0 Å². The number of hydrogen-bond acceptors (Lipinski definition) is 3. The molecule has 0 bridgehead atoms. The van der Waals surface area contributed by atoms with Crippen molar-refractivity contribution >= 4 is 16.7 Å². The predicted molar refractivity (Wildman–Crippen MR) is 87.5 cm³/mol. The number of nitrogens with two attached hydrogens (primary N) is 1. The third kappa shape index (κ3) is 2.38. The molecule has 0 fully saturated rings. The van der Waals surface area contributed by atoms with E-state index >= 15 is 0 Å². The highest BCUT2D eigenvalue weighted by molar-refractivity contribution is 5.76. The van der Waals surface area contributed by atoms with Crippen LogP contribution < -0.4 is 10.6 Å². The van der Waals surface area contributed by atoms with Gasteiger partial charge in [0.1, 0.15) is 5.82 Å². The molecule has 1 aromatic heterocycles. The minimum absolute atomic E-state index is 0.224. The van der Waals surface area contributed by atoms with Crippen molar-refractivity contribution in [3.05, 3.63) is 59.9 Å². The normalized spacial score (nSPS) is 12.6. The van der Waals surface area contributed by atoms with E-state index in [1.54, 1.807) is 0 Å². The van der Waals surface area contributed by atoms with E-state index in [1.807, 2.05) is 39.3 Å². The maximum Gasteiger partial charge on any atom is 0.131 e. The number of anilines is 1. The summed E-state index contributed by atoms with van der Waals surface area (Å²) in [6.45, 7) is 0. The number of nitrogens with zero attached hydrogens (tertiary/aromatic N) is 3. The monoisotopic (exact) mass is 280 g/mol. The Hall–Kier alpha value is -2.33. The molecule has 0 saturated heterocycles. The third-order valence-corrected chi connectivity index (χ3v) is 3.87. The molecule has 1 unspecified atom stereocenters. The summed E-state index contributed by atoms with van der Waals surface area (Å²) in [5, 5.41) is 0. The van der Waals surface area contributed by atoms with E-state index in [4.69, 9.17) is 5.73 Å². The number of imidazole rings is 1. The molecule has 0 radical (unpaired) electrons. The molecule has 1 heterocycles. The van der Waals surface area contributed by atoms with Gasteiger partial charge in [0.2, 0.25) is 0 Å². The second kappa shape index (κ2) is 5.22. The lowest BCUT2D eigenvalue weighted by atomic mass is 10.1. The first-order chi connectivity index (χ1) is 10.1. The molecule has 0 aliphatic rings. The van der Waals surface area contributed by atoms with Gasteiger partial charge < -0.3 is 15.2 Å². The summed E-state index contributed by atoms with van der Waals surface area (Å²) >= 11 is 0. The Balaban J connectivity index is 1.99. The number of aryl methyl sites for hydroxylation is 1. The maximum absolute atomic E-state index is 6.41. The molecule has 21 heavy (non-hydrogen) atoms. The second-order valence-corrected chi connectivity index (χ2v) is 5.48. The Morgan fingerprint density at radius 2 is 1.71 bits per heavy atom. The minimum Gasteiger partial charge on any atom is -0.378 e. The molecule has 0 aliphatic heterocycles.